The normalized spacial score (nSPS) is 14.9. The van der Waals surface area contributed by atoms with Gasteiger partial charge in [-0.2, -0.15) is 0 Å². The average molecular weight is 470 g/mol. The Bertz CT molecular complexity index is 1410. The summed E-state index contributed by atoms with van der Waals surface area (Å²) in [4.78, 5) is 30.9. The maximum absolute atomic E-state index is 13.6. The summed E-state index contributed by atoms with van der Waals surface area (Å²) in [7, 11) is 3.00. The summed E-state index contributed by atoms with van der Waals surface area (Å²) in [5, 5.41) is 4.08. The largest absolute Gasteiger partial charge is 0.497 e. The number of esters is 1. The summed E-state index contributed by atoms with van der Waals surface area (Å²) >= 11 is 0. The summed E-state index contributed by atoms with van der Waals surface area (Å²) in [6.07, 6.45) is 0.709. The van der Waals surface area contributed by atoms with Crippen LogP contribution in [-0.4, -0.2) is 42.6 Å². The molecule has 0 saturated carbocycles. The van der Waals surface area contributed by atoms with Crippen LogP contribution in [0.15, 0.2) is 66.7 Å². The zero-order chi connectivity index (χ0) is 24.5. The third-order valence-corrected chi connectivity index (χ3v) is 6.52. The van der Waals surface area contributed by atoms with Gasteiger partial charge >= 0.3 is 12.0 Å². The molecule has 1 aliphatic heterocycles. The standard InChI is InChI=1S/C28H27N3O4/c1-17-7-9-18(10-8-17)26-25-22(23-16-21(34-2)11-12-24(23)30-25)13-14-31(26)28(33)29-20-6-4-5-19(15-20)27(32)35-3/h4-12,15-16,26,30H,13-14H2,1-3H3,(H,29,33). The van der Waals surface area contributed by atoms with Crippen LogP contribution in [0, 0.1) is 6.92 Å². The molecule has 1 atom stereocenters. The molecule has 4 aromatic rings. The molecule has 7 nitrogen and oxygen atoms in total. The van der Waals surface area contributed by atoms with Crippen LogP contribution in [0.25, 0.3) is 10.9 Å². The average Bonchev–Trinajstić information content (AvgIpc) is 3.26. The number of fused-ring (bicyclic) bond motifs is 3. The first-order valence-electron chi connectivity index (χ1n) is 11.5. The number of hydrogen-bond acceptors (Lipinski definition) is 4. The van der Waals surface area contributed by atoms with Crippen LogP contribution >= 0.6 is 0 Å². The Morgan fingerprint density at radius 1 is 1.03 bits per heavy atom. The third-order valence-electron chi connectivity index (χ3n) is 6.52. The number of hydrogen-bond donors (Lipinski definition) is 2. The molecule has 0 saturated heterocycles. The van der Waals surface area contributed by atoms with Crippen LogP contribution in [0.5, 0.6) is 5.75 Å². The molecule has 7 heteroatoms. The van der Waals surface area contributed by atoms with Gasteiger partial charge in [-0.15, -0.1) is 0 Å². The van der Waals surface area contributed by atoms with E-state index in [9.17, 15) is 9.59 Å². The van der Waals surface area contributed by atoms with Crippen molar-refractivity contribution in [3.63, 3.8) is 0 Å². The monoisotopic (exact) mass is 469 g/mol. The van der Waals surface area contributed by atoms with E-state index in [0.29, 0.717) is 24.2 Å². The Labute approximate surface area is 203 Å². The molecule has 1 unspecified atom stereocenters. The Hall–Kier alpha value is -4.26. The number of nitrogens with one attached hydrogen (secondary N) is 2. The number of methoxy groups -OCH3 is 2. The Balaban J connectivity index is 1.54. The van der Waals surface area contributed by atoms with Gasteiger partial charge in [0.2, 0.25) is 0 Å². The molecule has 35 heavy (non-hydrogen) atoms. The van der Waals surface area contributed by atoms with Crippen LogP contribution in [-0.2, 0) is 11.2 Å². The van der Waals surface area contributed by atoms with Gasteiger partial charge in [0.1, 0.15) is 5.75 Å². The third kappa shape index (κ3) is 4.21. The van der Waals surface area contributed by atoms with Gasteiger partial charge in [-0.3, -0.25) is 0 Å². The lowest BCUT2D eigenvalue weighted by Crippen LogP contribution is -2.43. The molecule has 0 radical (unpaired) electrons. The van der Waals surface area contributed by atoms with E-state index in [0.717, 1.165) is 33.5 Å². The maximum Gasteiger partial charge on any atom is 0.337 e. The van der Waals surface area contributed by atoms with Crippen molar-refractivity contribution in [1.29, 1.82) is 0 Å². The van der Waals surface area contributed by atoms with Gasteiger partial charge < -0.3 is 24.7 Å². The molecule has 1 aliphatic rings. The van der Waals surface area contributed by atoms with Crippen LogP contribution in [0.4, 0.5) is 10.5 Å². The number of carbonyl (C=O) groups excluding carboxylic acids is 2. The number of aromatic amines is 1. The van der Waals surface area contributed by atoms with E-state index < -0.39 is 5.97 Å². The predicted octanol–water partition coefficient (Wildman–Crippen LogP) is 5.45. The second kappa shape index (κ2) is 9.18. The first kappa shape index (κ1) is 22.5. The van der Waals surface area contributed by atoms with Crippen molar-refractivity contribution in [2.24, 2.45) is 0 Å². The second-order valence-corrected chi connectivity index (χ2v) is 8.69. The lowest BCUT2D eigenvalue weighted by molar-refractivity contribution is 0.0600. The van der Waals surface area contributed by atoms with Crippen LogP contribution in [0.3, 0.4) is 0 Å². The number of nitrogens with zero attached hydrogens (tertiary/aromatic N) is 1. The predicted molar refractivity (Wildman–Crippen MR) is 135 cm³/mol. The number of aryl methyl sites for hydroxylation is 1. The first-order valence-corrected chi connectivity index (χ1v) is 11.5. The summed E-state index contributed by atoms with van der Waals surface area (Å²) in [6, 6.07) is 20.5. The topological polar surface area (TPSA) is 83.7 Å². The molecule has 2 N–H and O–H groups in total. The van der Waals surface area contributed by atoms with Gasteiger partial charge in [0, 0.05) is 28.8 Å². The lowest BCUT2D eigenvalue weighted by atomic mass is 9.92. The van der Waals surface area contributed by atoms with Gasteiger partial charge in [0.15, 0.2) is 0 Å². The number of amides is 2. The number of benzene rings is 3. The zero-order valence-corrected chi connectivity index (χ0v) is 19.9. The fourth-order valence-corrected chi connectivity index (χ4v) is 4.75. The minimum atomic E-state index is -0.449. The van der Waals surface area contributed by atoms with Crippen molar-refractivity contribution < 1.29 is 19.1 Å². The molecular formula is C28H27N3O4. The highest BCUT2D eigenvalue weighted by Crippen LogP contribution is 2.39. The van der Waals surface area contributed by atoms with E-state index in [1.54, 1.807) is 31.4 Å². The maximum atomic E-state index is 13.6. The molecule has 178 valence electrons. The molecule has 2 heterocycles. The van der Waals surface area contributed by atoms with Crippen molar-refractivity contribution in [3.05, 3.63) is 94.7 Å². The smallest absolute Gasteiger partial charge is 0.337 e. The number of anilines is 1. The van der Waals surface area contributed by atoms with Crippen molar-refractivity contribution in [3.8, 4) is 5.75 Å². The highest BCUT2D eigenvalue weighted by atomic mass is 16.5. The molecule has 5 rings (SSSR count). The summed E-state index contributed by atoms with van der Waals surface area (Å²) in [5.74, 6) is 0.353. The number of carbonyl (C=O) groups is 2. The second-order valence-electron chi connectivity index (χ2n) is 8.69. The Morgan fingerprint density at radius 3 is 2.57 bits per heavy atom. The zero-order valence-electron chi connectivity index (χ0n) is 19.9. The van der Waals surface area contributed by atoms with Crippen LogP contribution < -0.4 is 10.1 Å². The van der Waals surface area contributed by atoms with Gasteiger partial charge in [-0.1, -0.05) is 35.9 Å². The van der Waals surface area contributed by atoms with E-state index in [2.05, 4.69) is 34.6 Å². The lowest BCUT2D eigenvalue weighted by Gasteiger charge is -2.36. The molecule has 0 aliphatic carbocycles. The fraction of sp³-hybridized carbons (Fsp3) is 0.214. The SMILES string of the molecule is COC(=O)c1cccc(NC(=O)N2CCc3c([nH]c4ccc(OC)cc34)C2c2ccc(C)cc2)c1. The number of rotatable bonds is 4. The first-order chi connectivity index (χ1) is 17.0. The highest BCUT2D eigenvalue weighted by molar-refractivity contribution is 5.95. The number of H-pyrrole nitrogens is 1. The minimum absolute atomic E-state index is 0.237. The number of ether oxygens (including phenoxy) is 2. The molecule has 0 spiro atoms. The number of aromatic nitrogens is 1. The van der Waals surface area contributed by atoms with Crippen molar-refractivity contribution in [2.75, 3.05) is 26.1 Å². The number of urea groups is 1. The van der Waals surface area contributed by atoms with E-state index in [1.165, 1.54) is 12.7 Å². The molecule has 1 aromatic heterocycles. The van der Waals surface area contributed by atoms with Gasteiger partial charge in [0.25, 0.3) is 0 Å². The van der Waals surface area contributed by atoms with E-state index >= 15 is 0 Å². The molecular weight excluding hydrogens is 442 g/mol. The Kier molecular flexibility index (Phi) is 5.91. The fourth-order valence-electron chi connectivity index (χ4n) is 4.75. The molecule has 3 aromatic carbocycles. The quantitative estimate of drug-likeness (QED) is 0.389. The van der Waals surface area contributed by atoms with E-state index in [1.807, 2.05) is 30.0 Å². The van der Waals surface area contributed by atoms with Crippen molar-refractivity contribution in [2.45, 2.75) is 19.4 Å². The summed E-state index contributed by atoms with van der Waals surface area (Å²) in [6.45, 7) is 2.59. The summed E-state index contributed by atoms with van der Waals surface area (Å²) < 4.78 is 10.3. The van der Waals surface area contributed by atoms with E-state index in [-0.39, 0.29) is 12.1 Å². The van der Waals surface area contributed by atoms with Gasteiger partial charge in [0.05, 0.1) is 25.8 Å². The van der Waals surface area contributed by atoms with E-state index in [4.69, 9.17) is 9.47 Å². The Morgan fingerprint density at radius 2 is 1.83 bits per heavy atom. The van der Waals surface area contributed by atoms with Crippen LogP contribution in [0.2, 0.25) is 0 Å². The van der Waals surface area contributed by atoms with Gasteiger partial charge in [-0.05, 0) is 60.9 Å². The van der Waals surface area contributed by atoms with Crippen molar-refractivity contribution in [1.82, 2.24) is 9.88 Å². The van der Waals surface area contributed by atoms with Gasteiger partial charge in [-0.25, -0.2) is 9.59 Å². The van der Waals surface area contributed by atoms with Crippen LogP contribution in [0.1, 0.15) is 38.8 Å². The summed E-state index contributed by atoms with van der Waals surface area (Å²) in [5.41, 5.74) is 6.30. The van der Waals surface area contributed by atoms with Crippen molar-refractivity contribution >= 4 is 28.6 Å². The minimum Gasteiger partial charge on any atom is -0.497 e. The molecule has 0 bridgehead atoms. The molecule has 0 fully saturated rings. The highest BCUT2D eigenvalue weighted by Gasteiger charge is 2.34. The molecule has 2 amide bonds.